The first-order chi connectivity index (χ1) is 14.9. The molecule has 0 radical (unpaired) electrons. The van der Waals surface area contributed by atoms with Gasteiger partial charge in [0, 0.05) is 6.42 Å². The van der Waals surface area contributed by atoms with Gasteiger partial charge in [0.05, 0.1) is 31.2 Å². The van der Waals surface area contributed by atoms with Crippen LogP contribution in [-0.4, -0.2) is 35.4 Å². The Morgan fingerprint density at radius 1 is 0.774 bits per heavy atom. The van der Waals surface area contributed by atoms with E-state index in [-0.39, 0.29) is 12.8 Å². The van der Waals surface area contributed by atoms with Crippen LogP contribution in [0.1, 0.15) is 77.0 Å². The number of ether oxygens (including phenoxy) is 2. The smallest absolute Gasteiger partial charge is 0.309 e. The zero-order chi connectivity index (χ0) is 22.7. The Hall–Kier alpha value is -1.98. The Morgan fingerprint density at radius 3 is 1.48 bits per heavy atom. The van der Waals surface area contributed by atoms with Crippen molar-refractivity contribution in [2.75, 3.05) is 13.2 Å². The molecule has 6 nitrogen and oxygen atoms in total. The van der Waals surface area contributed by atoms with Gasteiger partial charge in [0.1, 0.15) is 0 Å². The largest absolute Gasteiger partial charge is 0.502 e. The third kappa shape index (κ3) is 8.23. The Kier molecular flexibility index (Phi) is 10.4. The molecule has 31 heavy (non-hydrogen) atoms. The minimum atomic E-state index is -0.942. The van der Waals surface area contributed by atoms with Gasteiger partial charge in [0.2, 0.25) is 0 Å². The van der Waals surface area contributed by atoms with Crippen molar-refractivity contribution in [2.45, 2.75) is 77.0 Å². The van der Waals surface area contributed by atoms with Crippen molar-refractivity contribution >= 4 is 11.9 Å². The van der Waals surface area contributed by atoms with E-state index < -0.39 is 17.4 Å². The van der Waals surface area contributed by atoms with Gasteiger partial charge in [-0.1, -0.05) is 38.8 Å². The molecule has 0 amide bonds. The normalized spacial score (nSPS) is 28.1. The molecule has 2 aliphatic carbocycles. The number of hydrogen-bond donors (Lipinski definition) is 2. The highest BCUT2D eigenvalue weighted by molar-refractivity contribution is 5.76. The van der Waals surface area contributed by atoms with Crippen LogP contribution in [0.5, 0.6) is 0 Å². The first kappa shape index (κ1) is 25.3. The van der Waals surface area contributed by atoms with Crippen molar-refractivity contribution < 1.29 is 29.3 Å². The molecule has 0 saturated heterocycles. The quantitative estimate of drug-likeness (QED) is 0.343. The van der Waals surface area contributed by atoms with Gasteiger partial charge >= 0.3 is 11.9 Å². The van der Waals surface area contributed by atoms with Gasteiger partial charge in [-0.05, 0) is 68.6 Å². The van der Waals surface area contributed by atoms with Crippen LogP contribution in [-0.2, 0) is 19.1 Å². The first-order valence-corrected chi connectivity index (χ1v) is 11.8. The zero-order valence-electron chi connectivity index (χ0n) is 18.8. The fraction of sp³-hybridized carbons (Fsp3) is 0.760. The lowest BCUT2D eigenvalue weighted by molar-refractivity contribution is -0.153. The van der Waals surface area contributed by atoms with Crippen LogP contribution < -0.4 is 0 Å². The second kappa shape index (κ2) is 12.8. The average molecular weight is 437 g/mol. The van der Waals surface area contributed by atoms with Gasteiger partial charge in [-0.3, -0.25) is 9.59 Å². The summed E-state index contributed by atoms with van der Waals surface area (Å²) in [5, 5.41) is 19.5. The van der Waals surface area contributed by atoms with E-state index in [9.17, 15) is 19.8 Å². The minimum absolute atomic E-state index is 0.0860. The molecule has 0 aromatic rings. The molecule has 2 N–H and O–H groups in total. The predicted molar refractivity (Wildman–Crippen MR) is 119 cm³/mol. The highest BCUT2D eigenvalue weighted by Gasteiger charge is 2.43. The topological polar surface area (TPSA) is 93.1 Å². The van der Waals surface area contributed by atoms with E-state index in [0.717, 1.165) is 51.4 Å². The van der Waals surface area contributed by atoms with E-state index >= 15 is 0 Å². The van der Waals surface area contributed by atoms with Crippen LogP contribution in [0.4, 0.5) is 0 Å². The standard InChI is InChI=1S/C25H40O6/c1-3-30-17-21-9-5-19(6-10-21)15-25(24(28)29,14-13-23(26)27)16-20-7-11-22(12-8-20)18-31-4-2/h3-4,19-22H,1-2,5-18H2,(H,26,27)(H,28,29). The van der Waals surface area contributed by atoms with E-state index in [1.807, 2.05) is 0 Å². The molecule has 0 atom stereocenters. The molecule has 6 heteroatoms. The summed E-state index contributed by atoms with van der Waals surface area (Å²) in [5.41, 5.74) is -0.942. The summed E-state index contributed by atoms with van der Waals surface area (Å²) < 4.78 is 10.7. The van der Waals surface area contributed by atoms with Crippen LogP contribution in [0.3, 0.4) is 0 Å². The Balaban J connectivity index is 2.00. The third-order valence-electron chi connectivity index (χ3n) is 7.46. The molecule has 2 rings (SSSR count). The van der Waals surface area contributed by atoms with Crippen LogP contribution in [0.25, 0.3) is 0 Å². The third-order valence-corrected chi connectivity index (χ3v) is 7.46. The van der Waals surface area contributed by atoms with E-state index in [4.69, 9.17) is 9.47 Å². The first-order valence-electron chi connectivity index (χ1n) is 11.8. The maximum atomic E-state index is 12.5. The van der Waals surface area contributed by atoms with Crippen molar-refractivity contribution in [1.82, 2.24) is 0 Å². The van der Waals surface area contributed by atoms with Crippen molar-refractivity contribution in [3.63, 3.8) is 0 Å². The fourth-order valence-electron chi connectivity index (χ4n) is 5.63. The van der Waals surface area contributed by atoms with Crippen LogP contribution in [0.15, 0.2) is 25.7 Å². The van der Waals surface area contributed by atoms with Gasteiger partial charge in [-0.2, -0.15) is 0 Å². The molecule has 0 aromatic carbocycles. The number of carboxylic acid groups (broad SMARTS) is 2. The lowest BCUT2D eigenvalue weighted by atomic mass is 9.65. The van der Waals surface area contributed by atoms with Gasteiger partial charge in [-0.15, -0.1) is 0 Å². The summed E-state index contributed by atoms with van der Waals surface area (Å²) in [6.45, 7) is 8.54. The lowest BCUT2D eigenvalue weighted by Crippen LogP contribution is -2.38. The number of carboxylic acids is 2. The molecule has 0 spiro atoms. The second-order valence-electron chi connectivity index (χ2n) is 9.66. The van der Waals surface area contributed by atoms with Crippen molar-refractivity contribution in [3.8, 4) is 0 Å². The van der Waals surface area contributed by atoms with E-state index in [1.165, 1.54) is 12.5 Å². The Morgan fingerprint density at radius 2 is 1.16 bits per heavy atom. The van der Waals surface area contributed by atoms with Gasteiger partial charge in [0.25, 0.3) is 0 Å². The summed E-state index contributed by atoms with van der Waals surface area (Å²) in [5.74, 6) is -0.0605. The van der Waals surface area contributed by atoms with E-state index in [2.05, 4.69) is 13.2 Å². The molecule has 0 heterocycles. The zero-order valence-corrected chi connectivity index (χ0v) is 18.8. The van der Waals surface area contributed by atoms with Crippen molar-refractivity contribution in [2.24, 2.45) is 29.1 Å². The van der Waals surface area contributed by atoms with Crippen LogP contribution in [0, 0.1) is 29.1 Å². The second-order valence-corrected chi connectivity index (χ2v) is 9.66. The van der Waals surface area contributed by atoms with Gasteiger partial charge in [0.15, 0.2) is 0 Å². The van der Waals surface area contributed by atoms with Crippen molar-refractivity contribution in [3.05, 3.63) is 25.7 Å². The highest BCUT2D eigenvalue weighted by atomic mass is 16.5. The molecule has 0 aromatic heterocycles. The van der Waals surface area contributed by atoms with E-state index in [0.29, 0.717) is 49.7 Å². The van der Waals surface area contributed by atoms with Gasteiger partial charge in [-0.25, -0.2) is 0 Å². The highest BCUT2D eigenvalue weighted by Crippen LogP contribution is 2.46. The maximum Gasteiger partial charge on any atom is 0.309 e. The Labute approximate surface area is 186 Å². The van der Waals surface area contributed by atoms with Gasteiger partial charge < -0.3 is 19.7 Å². The molecule has 176 valence electrons. The summed E-state index contributed by atoms with van der Waals surface area (Å²) in [6.07, 6.45) is 12.3. The minimum Gasteiger partial charge on any atom is -0.502 e. The molecule has 0 unspecified atom stereocenters. The summed E-state index contributed by atoms with van der Waals surface area (Å²) >= 11 is 0. The number of rotatable bonds is 14. The number of carbonyl (C=O) groups is 2. The SMILES string of the molecule is C=COCC1CCC(CC(CCC(=O)O)(CC2CCC(COC=C)CC2)C(=O)O)CC1. The summed E-state index contributed by atoms with van der Waals surface area (Å²) in [6, 6.07) is 0. The number of aliphatic carboxylic acids is 2. The molecular formula is C25H40O6. The number of hydrogen-bond acceptors (Lipinski definition) is 4. The van der Waals surface area contributed by atoms with Crippen molar-refractivity contribution in [1.29, 1.82) is 0 Å². The predicted octanol–water partition coefficient (Wildman–Crippen LogP) is 5.64. The van der Waals surface area contributed by atoms with E-state index in [1.54, 1.807) is 0 Å². The van der Waals surface area contributed by atoms with Crippen LogP contribution >= 0.6 is 0 Å². The molecule has 0 aliphatic heterocycles. The average Bonchev–Trinajstić information content (AvgIpc) is 2.76. The molecule has 0 bridgehead atoms. The monoisotopic (exact) mass is 436 g/mol. The van der Waals surface area contributed by atoms with Crippen LogP contribution in [0.2, 0.25) is 0 Å². The lowest BCUT2D eigenvalue weighted by Gasteiger charge is -2.39. The fourth-order valence-corrected chi connectivity index (χ4v) is 5.63. The molecular weight excluding hydrogens is 396 g/mol. The summed E-state index contributed by atoms with van der Waals surface area (Å²) in [4.78, 5) is 23.8. The summed E-state index contributed by atoms with van der Waals surface area (Å²) in [7, 11) is 0. The maximum absolute atomic E-state index is 12.5. The molecule has 2 saturated carbocycles. The molecule has 2 fully saturated rings. The Bertz CT molecular complexity index is 551. The molecule has 2 aliphatic rings.